The Balaban J connectivity index is 2.25. The van der Waals surface area contributed by atoms with Crippen LogP contribution in [0.1, 0.15) is 17.0 Å². The van der Waals surface area contributed by atoms with Crippen molar-refractivity contribution in [1.82, 2.24) is 4.90 Å². The van der Waals surface area contributed by atoms with E-state index in [4.69, 9.17) is 10.2 Å². The minimum Gasteiger partial charge on any atom is -0.450 e. The van der Waals surface area contributed by atoms with Gasteiger partial charge in [-0.15, -0.1) is 0 Å². The van der Waals surface area contributed by atoms with Crippen LogP contribution in [0.15, 0.2) is 33.2 Å². The summed E-state index contributed by atoms with van der Waals surface area (Å²) in [5.41, 5.74) is 6.13. The van der Waals surface area contributed by atoms with Gasteiger partial charge in [0, 0.05) is 19.0 Å². The summed E-state index contributed by atoms with van der Waals surface area (Å²) in [6.07, 6.45) is 0.784. The highest BCUT2D eigenvalue weighted by Crippen LogP contribution is 2.27. The molecule has 0 bridgehead atoms. The summed E-state index contributed by atoms with van der Waals surface area (Å²) in [6.45, 7) is 1.21. The summed E-state index contributed by atoms with van der Waals surface area (Å²) in [5, 5.41) is 0.917. The van der Waals surface area contributed by atoms with Crippen molar-refractivity contribution in [2.75, 3.05) is 20.1 Å². The van der Waals surface area contributed by atoms with Gasteiger partial charge in [-0.1, -0.05) is 12.1 Å². The van der Waals surface area contributed by atoms with Crippen LogP contribution in [0.25, 0.3) is 11.0 Å². The molecule has 0 aliphatic carbocycles. The molecule has 2 N–H and O–H groups in total. The Bertz CT molecular complexity index is 565. The summed E-state index contributed by atoms with van der Waals surface area (Å²) < 4.78 is 6.44. The molecule has 1 heterocycles. The van der Waals surface area contributed by atoms with Crippen LogP contribution < -0.4 is 5.73 Å². The number of furan rings is 1. The fourth-order valence-corrected chi connectivity index (χ4v) is 2.21. The van der Waals surface area contributed by atoms with Crippen molar-refractivity contribution in [3.63, 3.8) is 0 Å². The summed E-state index contributed by atoms with van der Waals surface area (Å²) >= 11 is 3.40. The third-order valence-corrected chi connectivity index (χ3v) is 3.38. The first-order valence-electron chi connectivity index (χ1n) is 5.77. The molecule has 1 aromatic heterocycles. The van der Waals surface area contributed by atoms with Crippen LogP contribution in [-0.4, -0.2) is 30.9 Å². The maximum absolute atomic E-state index is 12.1. The molecule has 0 radical (unpaired) electrons. The van der Waals surface area contributed by atoms with E-state index in [0.29, 0.717) is 24.4 Å². The van der Waals surface area contributed by atoms with Gasteiger partial charge in [-0.3, -0.25) is 4.79 Å². The van der Waals surface area contributed by atoms with Crippen molar-refractivity contribution in [3.8, 4) is 0 Å². The lowest BCUT2D eigenvalue weighted by atomic mass is 10.2. The molecular weight excluding hydrogens is 296 g/mol. The van der Waals surface area contributed by atoms with E-state index in [1.807, 2.05) is 18.2 Å². The molecule has 0 saturated carbocycles. The van der Waals surface area contributed by atoms with Crippen molar-refractivity contribution in [2.24, 2.45) is 5.73 Å². The predicted octanol–water partition coefficient (Wildman–Crippen LogP) is 2.62. The number of nitrogens with two attached hydrogens (primary N) is 1. The fraction of sp³-hybridized carbons (Fsp3) is 0.308. The summed E-state index contributed by atoms with van der Waals surface area (Å²) in [4.78, 5) is 13.7. The Morgan fingerprint density at radius 1 is 1.50 bits per heavy atom. The first-order chi connectivity index (χ1) is 8.63. The van der Waals surface area contributed by atoms with Crippen LogP contribution in [0, 0.1) is 0 Å². The van der Waals surface area contributed by atoms with Crippen LogP contribution in [0.4, 0.5) is 0 Å². The average molecular weight is 311 g/mol. The number of hydrogen-bond donors (Lipinski definition) is 1. The standard InChI is InChI=1S/C13H15BrN2O2/c1-16(7-3-6-15)13(17)11-8-9-4-2-5-10(14)12(9)18-11/h2,4-5,8H,3,6-7,15H2,1H3. The highest BCUT2D eigenvalue weighted by molar-refractivity contribution is 9.10. The molecule has 2 aromatic rings. The number of hydrogen-bond acceptors (Lipinski definition) is 3. The quantitative estimate of drug-likeness (QED) is 0.944. The lowest BCUT2D eigenvalue weighted by molar-refractivity contribution is 0.0765. The number of para-hydroxylation sites is 1. The number of nitrogens with zero attached hydrogens (tertiary/aromatic N) is 1. The van der Waals surface area contributed by atoms with Crippen LogP contribution in [0.5, 0.6) is 0 Å². The van der Waals surface area contributed by atoms with E-state index in [-0.39, 0.29) is 5.91 Å². The van der Waals surface area contributed by atoms with Gasteiger partial charge < -0.3 is 15.1 Å². The number of rotatable bonds is 4. The average Bonchev–Trinajstić information content (AvgIpc) is 2.80. The van der Waals surface area contributed by atoms with Gasteiger partial charge in [0.15, 0.2) is 5.76 Å². The molecule has 4 nitrogen and oxygen atoms in total. The fourth-order valence-electron chi connectivity index (χ4n) is 1.75. The molecule has 1 amide bonds. The maximum atomic E-state index is 12.1. The van der Waals surface area contributed by atoms with Gasteiger partial charge in [-0.05, 0) is 41.0 Å². The molecule has 0 atom stereocenters. The first kappa shape index (κ1) is 13.1. The lowest BCUT2D eigenvalue weighted by Crippen LogP contribution is -2.28. The van der Waals surface area contributed by atoms with E-state index < -0.39 is 0 Å². The van der Waals surface area contributed by atoms with E-state index in [2.05, 4.69) is 15.9 Å². The SMILES string of the molecule is CN(CCCN)C(=O)c1cc2cccc(Br)c2o1. The Hall–Kier alpha value is -1.33. The smallest absolute Gasteiger partial charge is 0.289 e. The normalized spacial score (nSPS) is 10.8. The third kappa shape index (κ3) is 2.57. The van der Waals surface area contributed by atoms with Crippen LogP contribution in [-0.2, 0) is 0 Å². The van der Waals surface area contributed by atoms with E-state index in [0.717, 1.165) is 16.3 Å². The molecule has 0 saturated heterocycles. The molecule has 2 rings (SSSR count). The van der Waals surface area contributed by atoms with E-state index in [9.17, 15) is 4.79 Å². The minimum atomic E-state index is -0.119. The zero-order valence-corrected chi connectivity index (χ0v) is 11.7. The van der Waals surface area contributed by atoms with E-state index in [1.54, 1.807) is 18.0 Å². The number of benzene rings is 1. The molecular formula is C13H15BrN2O2. The Kier molecular flexibility index (Phi) is 4.04. The van der Waals surface area contributed by atoms with Gasteiger partial charge in [0.1, 0.15) is 5.58 Å². The van der Waals surface area contributed by atoms with Crippen LogP contribution in [0.2, 0.25) is 0 Å². The number of fused-ring (bicyclic) bond motifs is 1. The Labute approximate surface area is 114 Å². The first-order valence-corrected chi connectivity index (χ1v) is 6.56. The maximum Gasteiger partial charge on any atom is 0.289 e. The zero-order chi connectivity index (χ0) is 13.1. The monoisotopic (exact) mass is 310 g/mol. The topological polar surface area (TPSA) is 59.5 Å². The van der Waals surface area contributed by atoms with Crippen molar-refractivity contribution in [3.05, 3.63) is 34.5 Å². The minimum absolute atomic E-state index is 0.119. The van der Waals surface area contributed by atoms with Crippen molar-refractivity contribution >= 4 is 32.8 Å². The summed E-state index contributed by atoms with van der Waals surface area (Å²) in [5.74, 6) is 0.239. The van der Waals surface area contributed by atoms with Crippen molar-refractivity contribution in [1.29, 1.82) is 0 Å². The summed E-state index contributed by atoms with van der Waals surface area (Å²) in [6, 6.07) is 7.48. The second-order valence-corrected chi connectivity index (χ2v) is 4.99. The van der Waals surface area contributed by atoms with E-state index >= 15 is 0 Å². The Morgan fingerprint density at radius 2 is 2.28 bits per heavy atom. The number of carbonyl (C=O) groups excluding carboxylic acids is 1. The predicted molar refractivity (Wildman–Crippen MR) is 74.5 cm³/mol. The number of halogens is 1. The van der Waals surface area contributed by atoms with Gasteiger partial charge in [0.25, 0.3) is 5.91 Å². The second-order valence-electron chi connectivity index (χ2n) is 4.14. The van der Waals surface area contributed by atoms with Crippen molar-refractivity contribution < 1.29 is 9.21 Å². The van der Waals surface area contributed by atoms with E-state index in [1.165, 1.54) is 0 Å². The highest BCUT2D eigenvalue weighted by atomic mass is 79.9. The van der Waals surface area contributed by atoms with Crippen LogP contribution in [0.3, 0.4) is 0 Å². The molecule has 5 heteroatoms. The van der Waals surface area contributed by atoms with Gasteiger partial charge in [0.2, 0.25) is 0 Å². The number of amides is 1. The second kappa shape index (κ2) is 5.54. The number of carbonyl (C=O) groups is 1. The van der Waals surface area contributed by atoms with Gasteiger partial charge in [0.05, 0.1) is 4.47 Å². The van der Waals surface area contributed by atoms with Crippen LogP contribution >= 0.6 is 15.9 Å². The molecule has 18 heavy (non-hydrogen) atoms. The van der Waals surface area contributed by atoms with Gasteiger partial charge >= 0.3 is 0 Å². The molecule has 0 fully saturated rings. The van der Waals surface area contributed by atoms with Gasteiger partial charge in [-0.2, -0.15) is 0 Å². The summed E-state index contributed by atoms with van der Waals surface area (Å²) in [7, 11) is 1.75. The molecule has 1 aromatic carbocycles. The molecule has 0 aliphatic heterocycles. The zero-order valence-electron chi connectivity index (χ0n) is 10.1. The molecule has 96 valence electrons. The third-order valence-electron chi connectivity index (χ3n) is 2.75. The van der Waals surface area contributed by atoms with Gasteiger partial charge in [-0.25, -0.2) is 0 Å². The highest BCUT2D eigenvalue weighted by Gasteiger charge is 2.17. The Morgan fingerprint density at radius 3 is 2.94 bits per heavy atom. The molecule has 0 unspecified atom stereocenters. The lowest BCUT2D eigenvalue weighted by Gasteiger charge is -2.14. The largest absolute Gasteiger partial charge is 0.450 e. The molecule has 0 aliphatic rings. The van der Waals surface area contributed by atoms with Crippen molar-refractivity contribution in [2.45, 2.75) is 6.42 Å². The molecule has 0 spiro atoms.